The van der Waals surface area contributed by atoms with Gasteiger partial charge in [0.1, 0.15) is 4.60 Å². The van der Waals surface area contributed by atoms with E-state index in [1.54, 1.807) is 6.07 Å². The van der Waals surface area contributed by atoms with Crippen molar-refractivity contribution in [1.82, 2.24) is 4.98 Å². The van der Waals surface area contributed by atoms with Crippen molar-refractivity contribution in [2.24, 2.45) is 5.16 Å². The van der Waals surface area contributed by atoms with Crippen LogP contribution in [-0.2, 0) is 4.84 Å². The fourth-order valence-corrected chi connectivity index (χ4v) is 1.51. The van der Waals surface area contributed by atoms with Crippen LogP contribution < -0.4 is 0 Å². The van der Waals surface area contributed by atoms with Gasteiger partial charge in [-0.15, -0.1) is 0 Å². The normalized spacial score (nSPS) is 24.4. The molecule has 1 aromatic heterocycles. The highest BCUT2D eigenvalue weighted by molar-refractivity contribution is 9.10. The summed E-state index contributed by atoms with van der Waals surface area (Å²) < 4.78 is 37.8. The topological polar surface area (TPSA) is 54.7 Å². The van der Waals surface area contributed by atoms with Crippen molar-refractivity contribution in [2.45, 2.75) is 18.4 Å². The Labute approximate surface area is 102 Å². The first-order chi connectivity index (χ1) is 7.82. The lowest BCUT2D eigenvalue weighted by Gasteiger charge is -2.22. The van der Waals surface area contributed by atoms with Gasteiger partial charge in [-0.2, -0.15) is 13.2 Å². The van der Waals surface area contributed by atoms with Crippen LogP contribution in [0.5, 0.6) is 0 Å². The lowest BCUT2D eigenvalue weighted by molar-refractivity contribution is -0.355. The van der Waals surface area contributed by atoms with Crippen molar-refractivity contribution >= 4 is 21.6 Å². The Morgan fingerprint density at radius 2 is 2.12 bits per heavy atom. The van der Waals surface area contributed by atoms with Gasteiger partial charge in [0.05, 0.1) is 12.1 Å². The molecule has 8 heteroatoms. The molecule has 0 saturated carbocycles. The Bertz CT molecular complexity index is 460. The van der Waals surface area contributed by atoms with E-state index < -0.39 is 18.4 Å². The molecule has 1 aromatic rings. The maximum Gasteiger partial charge on any atom is 0.458 e. The molecule has 0 spiro atoms. The van der Waals surface area contributed by atoms with Crippen LogP contribution in [0.4, 0.5) is 13.2 Å². The average molecular weight is 311 g/mol. The fourth-order valence-electron chi connectivity index (χ4n) is 1.28. The van der Waals surface area contributed by atoms with Crippen LogP contribution in [0.3, 0.4) is 0 Å². The standard InChI is InChI=1S/C9H6BrF3N2O2/c10-7-2-1-5(4-14-7)6-3-8(16,17-15-6)9(11,12)13/h1-2,4,16H,3H2. The molecule has 1 aliphatic rings. The van der Waals surface area contributed by atoms with E-state index in [0.29, 0.717) is 10.2 Å². The summed E-state index contributed by atoms with van der Waals surface area (Å²) in [5.74, 6) is -3.24. The van der Waals surface area contributed by atoms with Gasteiger partial charge in [-0.05, 0) is 28.1 Å². The third kappa shape index (κ3) is 2.27. The summed E-state index contributed by atoms with van der Waals surface area (Å²) in [7, 11) is 0. The molecule has 4 nitrogen and oxygen atoms in total. The van der Waals surface area contributed by atoms with Gasteiger partial charge in [0.2, 0.25) is 0 Å². The van der Waals surface area contributed by atoms with Crippen LogP contribution in [0.25, 0.3) is 0 Å². The van der Waals surface area contributed by atoms with Crippen molar-refractivity contribution < 1.29 is 23.1 Å². The van der Waals surface area contributed by atoms with Gasteiger partial charge in [0.25, 0.3) is 0 Å². The van der Waals surface area contributed by atoms with E-state index in [-0.39, 0.29) is 5.71 Å². The first-order valence-corrected chi connectivity index (χ1v) is 5.27. The molecule has 1 atom stereocenters. The quantitative estimate of drug-likeness (QED) is 0.809. The highest BCUT2D eigenvalue weighted by Gasteiger charge is 2.60. The molecule has 0 amide bonds. The summed E-state index contributed by atoms with van der Waals surface area (Å²) in [5, 5.41) is 12.5. The maximum atomic E-state index is 12.4. The van der Waals surface area contributed by atoms with Crippen LogP contribution in [0, 0.1) is 0 Å². The minimum absolute atomic E-state index is 0.00447. The highest BCUT2D eigenvalue weighted by Crippen LogP contribution is 2.38. The van der Waals surface area contributed by atoms with E-state index in [2.05, 4.69) is 30.9 Å². The van der Waals surface area contributed by atoms with E-state index in [1.165, 1.54) is 12.3 Å². The number of hydrogen-bond donors (Lipinski definition) is 1. The van der Waals surface area contributed by atoms with Gasteiger partial charge in [0.15, 0.2) is 0 Å². The minimum Gasteiger partial charge on any atom is -0.350 e. The van der Waals surface area contributed by atoms with Crippen molar-refractivity contribution in [3.63, 3.8) is 0 Å². The molecule has 1 aliphatic heterocycles. The van der Waals surface area contributed by atoms with Crippen molar-refractivity contribution in [2.75, 3.05) is 0 Å². The Morgan fingerprint density at radius 1 is 1.41 bits per heavy atom. The molecule has 0 aliphatic carbocycles. The fraction of sp³-hybridized carbons (Fsp3) is 0.333. The Balaban J connectivity index is 2.20. The zero-order chi connectivity index (χ0) is 12.7. The number of alkyl halides is 3. The molecule has 2 heterocycles. The van der Waals surface area contributed by atoms with Gasteiger partial charge in [-0.25, -0.2) is 4.98 Å². The maximum absolute atomic E-state index is 12.4. The van der Waals surface area contributed by atoms with Crippen molar-refractivity contribution in [3.05, 3.63) is 28.5 Å². The van der Waals surface area contributed by atoms with Crippen LogP contribution >= 0.6 is 15.9 Å². The second-order valence-corrected chi connectivity index (χ2v) is 4.27. The van der Waals surface area contributed by atoms with E-state index in [4.69, 9.17) is 0 Å². The molecule has 1 unspecified atom stereocenters. The number of hydrogen-bond acceptors (Lipinski definition) is 4. The first-order valence-electron chi connectivity index (χ1n) is 4.48. The summed E-state index contributed by atoms with van der Waals surface area (Å²) in [4.78, 5) is 7.93. The molecular formula is C9H6BrF3N2O2. The minimum atomic E-state index is -4.89. The summed E-state index contributed by atoms with van der Waals surface area (Å²) in [6, 6.07) is 3.09. The molecule has 0 bridgehead atoms. The average Bonchev–Trinajstić information content (AvgIpc) is 2.63. The van der Waals surface area contributed by atoms with Crippen LogP contribution in [0.1, 0.15) is 12.0 Å². The highest BCUT2D eigenvalue weighted by atomic mass is 79.9. The second-order valence-electron chi connectivity index (χ2n) is 3.46. The molecule has 2 rings (SSSR count). The summed E-state index contributed by atoms with van der Waals surface area (Å²) >= 11 is 3.10. The summed E-state index contributed by atoms with van der Waals surface area (Å²) in [6.45, 7) is 0. The zero-order valence-electron chi connectivity index (χ0n) is 8.20. The third-order valence-electron chi connectivity index (χ3n) is 2.22. The predicted octanol–water partition coefficient (Wildman–Crippen LogP) is 2.22. The SMILES string of the molecule is OC1(C(F)(F)F)CC(c2ccc(Br)nc2)=NO1. The number of aromatic nitrogens is 1. The number of nitrogens with zero attached hydrogens (tertiary/aromatic N) is 2. The predicted molar refractivity (Wildman–Crippen MR) is 55.2 cm³/mol. The van der Waals surface area contributed by atoms with Crippen LogP contribution in [-0.4, -0.2) is 27.8 Å². The molecule has 17 heavy (non-hydrogen) atoms. The Hall–Kier alpha value is -1.15. The van der Waals surface area contributed by atoms with E-state index in [1.807, 2.05) is 0 Å². The van der Waals surface area contributed by atoms with E-state index >= 15 is 0 Å². The second kappa shape index (κ2) is 3.95. The van der Waals surface area contributed by atoms with Gasteiger partial charge in [-0.3, -0.25) is 0 Å². The van der Waals surface area contributed by atoms with E-state index in [9.17, 15) is 18.3 Å². The van der Waals surface area contributed by atoms with Gasteiger partial charge >= 0.3 is 12.0 Å². The van der Waals surface area contributed by atoms with Crippen molar-refractivity contribution in [3.8, 4) is 0 Å². The largest absolute Gasteiger partial charge is 0.458 e. The molecule has 0 radical (unpaired) electrons. The summed E-state index contributed by atoms with van der Waals surface area (Å²) in [5.41, 5.74) is 0.373. The molecule has 0 saturated heterocycles. The zero-order valence-corrected chi connectivity index (χ0v) is 9.79. The monoisotopic (exact) mass is 310 g/mol. The lowest BCUT2D eigenvalue weighted by atomic mass is 10.0. The molecule has 1 N–H and O–H groups in total. The third-order valence-corrected chi connectivity index (χ3v) is 2.69. The molecule has 0 aromatic carbocycles. The number of rotatable bonds is 1. The number of pyridine rings is 1. The molecular weight excluding hydrogens is 305 g/mol. The number of halogens is 4. The smallest absolute Gasteiger partial charge is 0.350 e. The first kappa shape index (κ1) is 12.3. The van der Waals surface area contributed by atoms with Crippen molar-refractivity contribution in [1.29, 1.82) is 0 Å². The van der Waals surface area contributed by atoms with Crippen LogP contribution in [0.2, 0.25) is 0 Å². The van der Waals surface area contributed by atoms with Gasteiger partial charge < -0.3 is 9.94 Å². The number of aliphatic hydroxyl groups is 1. The Kier molecular flexibility index (Phi) is 2.86. The molecule has 0 fully saturated rings. The van der Waals surface area contributed by atoms with E-state index in [0.717, 1.165) is 0 Å². The molecule has 92 valence electrons. The lowest BCUT2D eigenvalue weighted by Crippen LogP contribution is -2.45. The van der Waals surface area contributed by atoms with Gasteiger partial charge in [0, 0.05) is 11.8 Å². The van der Waals surface area contributed by atoms with Crippen LogP contribution in [0.15, 0.2) is 28.1 Å². The summed E-state index contributed by atoms with van der Waals surface area (Å²) in [6.07, 6.45) is -4.30. The number of oxime groups is 1. The van der Waals surface area contributed by atoms with Gasteiger partial charge in [-0.1, -0.05) is 5.16 Å². The Morgan fingerprint density at radius 3 is 2.59 bits per heavy atom.